The molecule has 2 aromatic carbocycles. The van der Waals surface area contributed by atoms with Gasteiger partial charge >= 0.3 is 0 Å². The summed E-state index contributed by atoms with van der Waals surface area (Å²) in [4.78, 5) is 6.72. The van der Waals surface area contributed by atoms with Gasteiger partial charge in [0.15, 0.2) is 0 Å². The van der Waals surface area contributed by atoms with Gasteiger partial charge in [0.05, 0.1) is 18.1 Å². The maximum Gasteiger partial charge on any atom is 0.233 e. The Balaban J connectivity index is 1.64. The lowest BCUT2D eigenvalue weighted by Gasteiger charge is -2.26. The highest BCUT2D eigenvalue weighted by Gasteiger charge is 2.28. The molecule has 0 amide bonds. The van der Waals surface area contributed by atoms with Gasteiger partial charge in [-0.25, -0.2) is 8.42 Å². The molecule has 1 N–H and O–H groups in total. The fourth-order valence-electron chi connectivity index (χ4n) is 3.30. The van der Waals surface area contributed by atoms with Crippen LogP contribution in [0.1, 0.15) is 5.56 Å². The van der Waals surface area contributed by atoms with Gasteiger partial charge in [-0.2, -0.15) is 4.98 Å². The second-order valence-corrected chi connectivity index (χ2v) is 9.66. The second kappa shape index (κ2) is 9.40. The zero-order chi connectivity index (χ0) is 21.8. The van der Waals surface area contributed by atoms with E-state index < -0.39 is 9.84 Å². The molecule has 164 valence electrons. The van der Waals surface area contributed by atoms with Crippen LogP contribution in [0.25, 0.3) is 11.5 Å². The van der Waals surface area contributed by atoms with E-state index in [1.54, 1.807) is 12.1 Å². The van der Waals surface area contributed by atoms with Crippen molar-refractivity contribution < 1.29 is 17.6 Å². The predicted octanol–water partition coefficient (Wildman–Crippen LogP) is 3.88. The van der Waals surface area contributed by atoms with E-state index in [2.05, 4.69) is 15.2 Å². The van der Waals surface area contributed by atoms with Crippen molar-refractivity contribution in [2.45, 2.75) is 16.8 Å². The van der Waals surface area contributed by atoms with Crippen LogP contribution >= 0.6 is 11.6 Å². The van der Waals surface area contributed by atoms with Crippen molar-refractivity contribution in [3.63, 3.8) is 0 Å². The fraction of sp³-hybridized carbons (Fsp3) is 0.318. The number of rotatable bonds is 7. The summed E-state index contributed by atoms with van der Waals surface area (Å²) in [6, 6.07) is 13.6. The van der Waals surface area contributed by atoms with Gasteiger partial charge in [-0.15, -0.1) is 0 Å². The summed E-state index contributed by atoms with van der Waals surface area (Å²) in [5.74, 6) is 0.389. The number of oxazole rings is 1. The minimum absolute atomic E-state index is 0.108. The number of nitrogens with zero attached hydrogens (tertiary/aromatic N) is 2. The third-order valence-corrected chi connectivity index (χ3v) is 7.02. The average molecular weight is 462 g/mol. The zero-order valence-corrected chi connectivity index (χ0v) is 18.7. The first-order valence-electron chi connectivity index (χ1n) is 10.1. The summed E-state index contributed by atoms with van der Waals surface area (Å²) >= 11 is 5.92. The normalized spacial score (nSPS) is 15.2. The molecule has 1 fully saturated rings. The van der Waals surface area contributed by atoms with Crippen LogP contribution in [0.5, 0.6) is 0 Å². The van der Waals surface area contributed by atoms with Gasteiger partial charge in [0.2, 0.25) is 26.6 Å². The summed E-state index contributed by atoms with van der Waals surface area (Å²) < 4.78 is 37.9. The van der Waals surface area contributed by atoms with Crippen molar-refractivity contribution in [3.05, 3.63) is 59.1 Å². The van der Waals surface area contributed by atoms with E-state index in [9.17, 15) is 8.42 Å². The molecule has 0 spiro atoms. The highest BCUT2D eigenvalue weighted by atomic mass is 35.5. The number of sulfone groups is 1. The van der Waals surface area contributed by atoms with Gasteiger partial charge in [0.1, 0.15) is 0 Å². The molecule has 31 heavy (non-hydrogen) atoms. The first-order valence-corrected chi connectivity index (χ1v) is 11.9. The SMILES string of the molecule is Cc1ccc(-c2nc(S(=O)(=O)c3ccc(Cl)cc3)c(NCCN3CCOCC3)o2)cc1. The molecule has 1 aliphatic heterocycles. The maximum atomic E-state index is 13.3. The largest absolute Gasteiger partial charge is 0.419 e. The number of nitrogens with one attached hydrogen (secondary N) is 1. The average Bonchev–Trinajstić information content (AvgIpc) is 3.20. The quantitative estimate of drug-likeness (QED) is 0.571. The Kier molecular flexibility index (Phi) is 6.62. The Morgan fingerprint density at radius 1 is 1.06 bits per heavy atom. The zero-order valence-electron chi connectivity index (χ0n) is 17.2. The van der Waals surface area contributed by atoms with Crippen LogP contribution in [-0.4, -0.2) is 57.7 Å². The monoisotopic (exact) mass is 461 g/mol. The Hall–Kier alpha value is -2.39. The molecular weight excluding hydrogens is 438 g/mol. The van der Waals surface area contributed by atoms with Gasteiger partial charge in [-0.3, -0.25) is 4.90 Å². The molecule has 2 heterocycles. The highest BCUT2D eigenvalue weighted by molar-refractivity contribution is 7.91. The van der Waals surface area contributed by atoms with Crippen LogP contribution in [0, 0.1) is 6.92 Å². The molecule has 9 heteroatoms. The van der Waals surface area contributed by atoms with Crippen LogP contribution in [-0.2, 0) is 14.6 Å². The minimum Gasteiger partial charge on any atom is -0.419 e. The lowest BCUT2D eigenvalue weighted by molar-refractivity contribution is 0.0398. The van der Waals surface area contributed by atoms with E-state index in [0.29, 0.717) is 30.3 Å². The lowest BCUT2D eigenvalue weighted by atomic mass is 10.1. The van der Waals surface area contributed by atoms with E-state index in [0.717, 1.165) is 25.2 Å². The van der Waals surface area contributed by atoms with Crippen molar-refractivity contribution in [2.75, 3.05) is 44.7 Å². The van der Waals surface area contributed by atoms with E-state index >= 15 is 0 Å². The van der Waals surface area contributed by atoms with Crippen LogP contribution in [0.15, 0.2) is 62.9 Å². The molecule has 7 nitrogen and oxygen atoms in total. The van der Waals surface area contributed by atoms with Crippen molar-refractivity contribution >= 4 is 27.3 Å². The van der Waals surface area contributed by atoms with Crippen LogP contribution in [0.4, 0.5) is 5.88 Å². The number of hydrogen-bond acceptors (Lipinski definition) is 7. The lowest BCUT2D eigenvalue weighted by Crippen LogP contribution is -2.39. The van der Waals surface area contributed by atoms with Crippen LogP contribution < -0.4 is 5.32 Å². The summed E-state index contributed by atoms with van der Waals surface area (Å²) in [6.07, 6.45) is 0. The molecule has 4 rings (SSSR count). The third-order valence-electron chi connectivity index (χ3n) is 5.09. The number of benzene rings is 2. The van der Waals surface area contributed by atoms with Gasteiger partial charge in [-0.05, 0) is 43.3 Å². The van der Waals surface area contributed by atoms with Crippen molar-refractivity contribution in [2.24, 2.45) is 0 Å². The number of aromatic nitrogens is 1. The summed E-state index contributed by atoms with van der Waals surface area (Å²) in [7, 11) is -3.90. The maximum absolute atomic E-state index is 13.3. The summed E-state index contributed by atoms with van der Waals surface area (Å²) in [6.45, 7) is 6.35. The second-order valence-electron chi connectivity index (χ2n) is 7.36. The molecule has 1 aliphatic rings. The van der Waals surface area contributed by atoms with E-state index in [-0.39, 0.29) is 21.7 Å². The van der Waals surface area contributed by atoms with Gasteiger partial charge < -0.3 is 14.5 Å². The van der Waals surface area contributed by atoms with E-state index in [1.807, 2.05) is 31.2 Å². The Morgan fingerprint density at radius 2 is 1.74 bits per heavy atom. The number of anilines is 1. The topological polar surface area (TPSA) is 84.7 Å². The van der Waals surface area contributed by atoms with Gasteiger partial charge in [-0.1, -0.05) is 29.3 Å². The van der Waals surface area contributed by atoms with Crippen LogP contribution in [0.3, 0.4) is 0 Å². The smallest absolute Gasteiger partial charge is 0.233 e. The van der Waals surface area contributed by atoms with Gasteiger partial charge in [0.25, 0.3) is 0 Å². The standard InChI is InChI=1S/C22H24ClN3O4S/c1-16-2-4-17(5-3-16)20-25-22(31(27,28)19-8-6-18(23)7-9-19)21(30-20)24-10-11-26-12-14-29-15-13-26/h2-9,24H,10-15H2,1H3. The molecule has 0 atom stereocenters. The van der Waals surface area contributed by atoms with E-state index in [1.165, 1.54) is 12.1 Å². The minimum atomic E-state index is -3.90. The number of hydrogen-bond donors (Lipinski definition) is 1. The molecule has 1 saturated heterocycles. The molecule has 0 aliphatic carbocycles. The van der Waals surface area contributed by atoms with Crippen molar-refractivity contribution in [1.82, 2.24) is 9.88 Å². The third kappa shape index (κ3) is 5.10. The Bertz CT molecular complexity index is 1120. The first-order chi connectivity index (χ1) is 14.9. The summed E-state index contributed by atoms with van der Waals surface area (Å²) in [5.41, 5.74) is 1.80. The van der Waals surface area contributed by atoms with Crippen molar-refractivity contribution in [1.29, 1.82) is 0 Å². The summed E-state index contributed by atoms with van der Waals surface area (Å²) in [5, 5.41) is 3.46. The molecule has 0 unspecified atom stereocenters. The predicted molar refractivity (Wildman–Crippen MR) is 119 cm³/mol. The van der Waals surface area contributed by atoms with Gasteiger partial charge in [0, 0.05) is 36.8 Å². The molecule has 3 aromatic rings. The molecule has 0 bridgehead atoms. The number of halogens is 1. The number of ether oxygens (including phenoxy) is 1. The first kappa shape index (κ1) is 21.8. The molecule has 1 aromatic heterocycles. The number of aryl methyl sites for hydroxylation is 1. The fourth-order valence-corrected chi connectivity index (χ4v) is 4.70. The van der Waals surface area contributed by atoms with Crippen LogP contribution in [0.2, 0.25) is 5.02 Å². The molecule has 0 saturated carbocycles. The van der Waals surface area contributed by atoms with E-state index in [4.69, 9.17) is 20.8 Å². The Labute approximate surface area is 186 Å². The molecule has 0 radical (unpaired) electrons. The Morgan fingerprint density at radius 3 is 2.42 bits per heavy atom. The highest BCUT2D eigenvalue weighted by Crippen LogP contribution is 2.32. The molecular formula is C22H24ClN3O4S. The number of morpholine rings is 1. The van der Waals surface area contributed by atoms with Crippen molar-refractivity contribution in [3.8, 4) is 11.5 Å².